The van der Waals surface area contributed by atoms with Crippen LogP contribution < -0.4 is 5.32 Å². The van der Waals surface area contributed by atoms with E-state index in [9.17, 15) is 4.39 Å². The minimum Gasteiger partial charge on any atom is -0.316 e. The van der Waals surface area contributed by atoms with Crippen LogP contribution >= 0.6 is 0 Å². The lowest BCUT2D eigenvalue weighted by Crippen LogP contribution is -2.07. The Hall–Kier alpha value is -0.890. The van der Waals surface area contributed by atoms with Gasteiger partial charge in [0.25, 0.3) is 0 Å². The fraction of sp³-hybridized carbons (Fsp3) is 0.500. The van der Waals surface area contributed by atoms with Crippen LogP contribution in [0.3, 0.4) is 0 Å². The van der Waals surface area contributed by atoms with Crippen LogP contribution in [0.5, 0.6) is 0 Å². The highest BCUT2D eigenvalue weighted by atomic mass is 19.1. The number of aryl methyl sites for hydroxylation is 1. The summed E-state index contributed by atoms with van der Waals surface area (Å²) in [6.45, 7) is 1.95. The molecule has 76 valence electrons. The number of nitrogens with one attached hydrogen (secondary N) is 1. The third kappa shape index (κ3) is 2.13. The van der Waals surface area contributed by atoms with Crippen LogP contribution in [0.4, 0.5) is 4.39 Å². The normalized spacial score (nSPS) is 21.4. The van der Waals surface area contributed by atoms with Gasteiger partial charge >= 0.3 is 0 Å². The van der Waals surface area contributed by atoms with Gasteiger partial charge in [0.05, 0.1) is 6.67 Å². The third-order valence-corrected chi connectivity index (χ3v) is 2.89. The fourth-order valence-electron chi connectivity index (χ4n) is 2.00. The van der Waals surface area contributed by atoms with E-state index >= 15 is 0 Å². The second kappa shape index (κ2) is 4.56. The molecule has 1 nitrogen and oxygen atoms in total. The minimum absolute atomic E-state index is 0.260. The highest BCUT2D eigenvalue weighted by molar-refractivity contribution is 5.26. The van der Waals surface area contributed by atoms with Crippen molar-refractivity contribution in [3.63, 3.8) is 0 Å². The molecule has 0 bridgehead atoms. The quantitative estimate of drug-likeness (QED) is 0.776. The van der Waals surface area contributed by atoms with Crippen LogP contribution in [-0.2, 0) is 6.42 Å². The van der Waals surface area contributed by atoms with E-state index in [0.29, 0.717) is 12.3 Å². The number of halogens is 1. The molecular weight excluding hydrogens is 177 g/mol. The average Bonchev–Trinajstić information content (AvgIpc) is 2.72. The molecule has 1 aliphatic heterocycles. The number of benzene rings is 1. The monoisotopic (exact) mass is 193 g/mol. The van der Waals surface area contributed by atoms with Crippen molar-refractivity contribution < 1.29 is 4.39 Å². The van der Waals surface area contributed by atoms with Crippen molar-refractivity contribution in [3.05, 3.63) is 35.4 Å². The van der Waals surface area contributed by atoms with Crippen molar-refractivity contribution in [2.24, 2.45) is 0 Å². The van der Waals surface area contributed by atoms with Gasteiger partial charge in [-0.1, -0.05) is 24.3 Å². The second-order valence-corrected chi connectivity index (χ2v) is 3.87. The van der Waals surface area contributed by atoms with E-state index in [0.717, 1.165) is 18.7 Å². The Morgan fingerprint density at radius 2 is 2.07 bits per heavy atom. The first-order chi connectivity index (χ1) is 6.90. The zero-order valence-corrected chi connectivity index (χ0v) is 8.30. The maximum absolute atomic E-state index is 12.1. The third-order valence-electron chi connectivity index (χ3n) is 2.89. The molecule has 1 aliphatic rings. The van der Waals surface area contributed by atoms with Gasteiger partial charge < -0.3 is 5.32 Å². The van der Waals surface area contributed by atoms with Crippen LogP contribution in [0, 0.1) is 0 Å². The molecule has 1 unspecified atom stereocenters. The van der Waals surface area contributed by atoms with E-state index in [2.05, 4.69) is 17.4 Å². The van der Waals surface area contributed by atoms with Crippen LogP contribution in [0.25, 0.3) is 0 Å². The molecule has 0 amide bonds. The lowest BCUT2D eigenvalue weighted by Gasteiger charge is -2.08. The van der Waals surface area contributed by atoms with Crippen molar-refractivity contribution in [2.45, 2.75) is 18.8 Å². The molecule has 1 fully saturated rings. The van der Waals surface area contributed by atoms with Crippen LogP contribution in [0.2, 0.25) is 0 Å². The summed E-state index contributed by atoms with van der Waals surface area (Å²) < 4.78 is 12.1. The first-order valence-electron chi connectivity index (χ1n) is 5.25. The van der Waals surface area contributed by atoms with E-state index in [1.807, 2.05) is 12.1 Å². The van der Waals surface area contributed by atoms with Crippen molar-refractivity contribution in [1.29, 1.82) is 0 Å². The molecule has 2 heteroatoms. The van der Waals surface area contributed by atoms with Gasteiger partial charge in [0, 0.05) is 13.0 Å². The highest BCUT2D eigenvalue weighted by Gasteiger charge is 2.15. The number of rotatable bonds is 3. The Labute approximate surface area is 84.3 Å². The zero-order valence-electron chi connectivity index (χ0n) is 8.30. The lowest BCUT2D eigenvalue weighted by molar-refractivity contribution is 0.495. The molecule has 1 aromatic rings. The summed E-state index contributed by atoms with van der Waals surface area (Å²) in [5, 5.41) is 3.35. The Morgan fingerprint density at radius 3 is 2.64 bits per heavy atom. The molecule has 1 saturated heterocycles. The van der Waals surface area contributed by atoms with Crippen LogP contribution in [-0.4, -0.2) is 19.8 Å². The van der Waals surface area contributed by atoms with Crippen molar-refractivity contribution >= 4 is 0 Å². The summed E-state index contributed by atoms with van der Waals surface area (Å²) in [5.41, 5.74) is 2.49. The molecule has 1 atom stereocenters. The predicted molar refractivity (Wildman–Crippen MR) is 56.3 cm³/mol. The summed E-state index contributed by atoms with van der Waals surface area (Å²) in [4.78, 5) is 0. The van der Waals surface area contributed by atoms with E-state index in [4.69, 9.17) is 0 Å². The largest absolute Gasteiger partial charge is 0.316 e. The zero-order chi connectivity index (χ0) is 9.80. The topological polar surface area (TPSA) is 12.0 Å². The fourth-order valence-corrected chi connectivity index (χ4v) is 2.00. The summed E-state index contributed by atoms with van der Waals surface area (Å²) >= 11 is 0. The van der Waals surface area contributed by atoms with Crippen molar-refractivity contribution in [2.75, 3.05) is 19.8 Å². The van der Waals surface area contributed by atoms with E-state index in [1.54, 1.807) is 0 Å². The SMILES string of the molecule is FCCc1ccc(C2CCNC2)cc1. The van der Waals surface area contributed by atoms with Gasteiger partial charge in [0.1, 0.15) is 0 Å². The molecule has 0 spiro atoms. The van der Waals surface area contributed by atoms with E-state index < -0.39 is 0 Å². The molecule has 1 N–H and O–H groups in total. The Bertz CT molecular complexity index is 275. The summed E-state index contributed by atoms with van der Waals surface area (Å²) in [5.74, 6) is 0.662. The van der Waals surface area contributed by atoms with Gasteiger partial charge in [0.15, 0.2) is 0 Å². The first-order valence-corrected chi connectivity index (χ1v) is 5.25. The molecule has 1 aromatic carbocycles. The molecule has 0 aliphatic carbocycles. The summed E-state index contributed by atoms with van der Waals surface area (Å²) in [7, 11) is 0. The first kappa shape index (κ1) is 9.66. The Kier molecular flexibility index (Phi) is 3.14. The Morgan fingerprint density at radius 1 is 1.29 bits per heavy atom. The smallest absolute Gasteiger partial charge is 0.0934 e. The summed E-state index contributed by atoms with van der Waals surface area (Å²) in [6, 6.07) is 8.38. The van der Waals surface area contributed by atoms with Crippen molar-refractivity contribution in [3.8, 4) is 0 Å². The number of hydrogen-bond donors (Lipinski definition) is 1. The van der Waals surface area contributed by atoms with Gasteiger partial charge in [0.2, 0.25) is 0 Å². The van der Waals surface area contributed by atoms with Crippen LogP contribution in [0.15, 0.2) is 24.3 Å². The maximum Gasteiger partial charge on any atom is 0.0934 e. The minimum atomic E-state index is -0.260. The molecule has 1 heterocycles. The predicted octanol–water partition coefficient (Wildman–Crippen LogP) is 2.28. The maximum atomic E-state index is 12.1. The number of hydrogen-bond acceptors (Lipinski definition) is 1. The van der Waals surface area contributed by atoms with Crippen molar-refractivity contribution in [1.82, 2.24) is 5.32 Å². The van der Waals surface area contributed by atoms with Gasteiger partial charge in [-0.25, -0.2) is 0 Å². The number of alkyl halides is 1. The second-order valence-electron chi connectivity index (χ2n) is 3.87. The van der Waals surface area contributed by atoms with Gasteiger partial charge in [-0.15, -0.1) is 0 Å². The highest BCUT2D eigenvalue weighted by Crippen LogP contribution is 2.22. The van der Waals surface area contributed by atoms with Gasteiger partial charge in [-0.2, -0.15) is 0 Å². The average molecular weight is 193 g/mol. The lowest BCUT2D eigenvalue weighted by atomic mass is 9.97. The molecule has 0 aromatic heterocycles. The summed E-state index contributed by atoms with van der Waals surface area (Å²) in [6.07, 6.45) is 1.77. The molecule has 0 saturated carbocycles. The molecule has 0 radical (unpaired) electrons. The van der Waals surface area contributed by atoms with Crippen LogP contribution in [0.1, 0.15) is 23.5 Å². The Balaban J connectivity index is 2.05. The standard InChI is InChI=1S/C12H16FN/c13-7-5-10-1-3-11(4-2-10)12-6-8-14-9-12/h1-4,12,14H,5-9H2. The van der Waals surface area contributed by atoms with E-state index in [-0.39, 0.29) is 6.67 Å². The molecular formula is C12H16FN. The van der Waals surface area contributed by atoms with E-state index in [1.165, 1.54) is 12.0 Å². The van der Waals surface area contributed by atoms with Gasteiger partial charge in [-0.05, 0) is 30.0 Å². The van der Waals surface area contributed by atoms with Gasteiger partial charge in [-0.3, -0.25) is 4.39 Å². The molecule has 14 heavy (non-hydrogen) atoms. The molecule has 2 rings (SSSR count).